The molecule has 0 aromatic heterocycles. The molecule has 7 heteroatoms. The van der Waals surface area contributed by atoms with Gasteiger partial charge in [-0.05, 0) is 17.9 Å². The molecule has 106 valence electrons. The molecule has 0 unspecified atom stereocenters. The van der Waals surface area contributed by atoms with Crippen LogP contribution in [-0.2, 0) is 0 Å². The Bertz CT molecular complexity index is 449. The Labute approximate surface area is 113 Å². The van der Waals surface area contributed by atoms with Crippen LogP contribution in [0.4, 0.5) is 13.2 Å². The van der Waals surface area contributed by atoms with E-state index in [0.717, 1.165) is 10.6 Å². The molecule has 0 heterocycles. The fraction of sp³-hybridized carbons (Fsp3) is 0.417. The highest BCUT2D eigenvalue weighted by atomic mass is 32.2. The topological polar surface area (TPSA) is 59.1 Å². The molecule has 0 amide bonds. The summed E-state index contributed by atoms with van der Waals surface area (Å²) in [5.74, 6) is 0.778. The van der Waals surface area contributed by atoms with Crippen molar-refractivity contribution in [2.24, 2.45) is 5.73 Å². The third kappa shape index (κ3) is 5.02. The van der Waals surface area contributed by atoms with E-state index in [9.17, 15) is 13.2 Å². The predicted molar refractivity (Wildman–Crippen MR) is 70.0 cm³/mol. The second-order valence-electron chi connectivity index (χ2n) is 3.69. The monoisotopic (exact) mass is 292 g/mol. The largest absolute Gasteiger partial charge is 0.492 e. The molecule has 19 heavy (non-hydrogen) atoms. The van der Waals surface area contributed by atoms with Crippen LogP contribution >= 0.6 is 11.8 Å². The van der Waals surface area contributed by atoms with Gasteiger partial charge >= 0.3 is 6.18 Å². The maximum absolute atomic E-state index is 12.1. The number of thioether (sulfide) groups is 1. The first-order valence-electron chi connectivity index (χ1n) is 5.65. The average molecular weight is 292 g/mol. The first-order chi connectivity index (χ1) is 8.85. The highest BCUT2D eigenvalue weighted by molar-refractivity contribution is 7.99. The molecular weight excluding hydrogens is 277 g/mol. The Morgan fingerprint density at radius 1 is 1.42 bits per heavy atom. The number of rotatable bonds is 6. The quantitative estimate of drug-likeness (QED) is 0.480. The Morgan fingerprint density at radius 2 is 2.11 bits per heavy atom. The summed E-state index contributed by atoms with van der Waals surface area (Å²) in [6, 6.07) is 4.96. The summed E-state index contributed by atoms with van der Waals surface area (Å²) in [7, 11) is 0. The van der Waals surface area contributed by atoms with E-state index in [1.54, 1.807) is 12.1 Å². The molecule has 1 rings (SSSR count). The molecule has 0 spiro atoms. The summed E-state index contributed by atoms with van der Waals surface area (Å²) in [6.07, 6.45) is -5.29. The summed E-state index contributed by atoms with van der Waals surface area (Å²) in [6.45, 7) is 1.45. The molecule has 0 atom stereocenters. The second-order valence-corrected chi connectivity index (χ2v) is 5.00. The van der Waals surface area contributed by atoms with Gasteiger partial charge in [-0.25, -0.2) is 0 Å². The molecule has 0 radical (unpaired) electrons. The Hall–Kier alpha value is -1.37. The first-order valence-corrected chi connectivity index (χ1v) is 6.63. The molecule has 0 saturated heterocycles. The van der Waals surface area contributed by atoms with E-state index in [1.807, 2.05) is 6.92 Å². The number of nitrogen functional groups attached to an aromatic ring is 1. The molecule has 0 fully saturated rings. The summed E-state index contributed by atoms with van der Waals surface area (Å²) in [5.41, 5.74) is 5.83. The van der Waals surface area contributed by atoms with Crippen molar-refractivity contribution in [2.75, 3.05) is 12.4 Å². The van der Waals surface area contributed by atoms with E-state index in [0.29, 0.717) is 5.56 Å². The van der Waals surface area contributed by atoms with Crippen LogP contribution in [0.5, 0.6) is 5.75 Å². The molecular formula is C12H15F3N2OS. The maximum atomic E-state index is 12.1. The lowest BCUT2D eigenvalue weighted by molar-refractivity contribution is -0.139. The third-order valence-corrected chi connectivity index (χ3v) is 3.14. The van der Waals surface area contributed by atoms with E-state index in [4.69, 9.17) is 15.9 Å². The fourth-order valence-electron chi connectivity index (χ4n) is 1.45. The normalized spacial score (nSPS) is 11.4. The van der Waals surface area contributed by atoms with E-state index < -0.39 is 19.2 Å². The molecule has 3 N–H and O–H groups in total. The number of nitrogens with one attached hydrogen (secondary N) is 1. The van der Waals surface area contributed by atoms with Crippen molar-refractivity contribution in [1.29, 1.82) is 5.41 Å². The van der Waals surface area contributed by atoms with Crippen LogP contribution in [-0.4, -0.2) is 24.4 Å². The molecule has 1 aromatic rings. The number of alkyl halides is 3. The highest BCUT2D eigenvalue weighted by Gasteiger charge is 2.27. The number of nitrogens with two attached hydrogens (primary N) is 1. The number of hydrogen-bond donors (Lipinski definition) is 2. The van der Waals surface area contributed by atoms with Gasteiger partial charge in [0.25, 0.3) is 0 Å². The molecule has 1 aromatic carbocycles. The molecule has 0 saturated carbocycles. The fourth-order valence-corrected chi connectivity index (χ4v) is 2.29. The summed E-state index contributed by atoms with van der Waals surface area (Å²) < 4.78 is 41.3. The van der Waals surface area contributed by atoms with Gasteiger partial charge in [0.05, 0.1) is 18.6 Å². The van der Waals surface area contributed by atoms with Crippen molar-refractivity contribution in [3.05, 3.63) is 23.8 Å². The Balaban J connectivity index is 2.87. The lowest BCUT2D eigenvalue weighted by atomic mass is 10.2. The molecule has 0 aliphatic heterocycles. The first kappa shape index (κ1) is 15.7. The van der Waals surface area contributed by atoms with Gasteiger partial charge in [0, 0.05) is 4.90 Å². The van der Waals surface area contributed by atoms with Gasteiger partial charge in [-0.15, -0.1) is 11.8 Å². The zero-order chi connectivity index (χ0) is 14.5. The van der Waals surface area contributed by atoms with E-state index in [2.05, 4.69) is 0 Å². The van der Waals surface area contributed by atoms with Crippen LogP contribution < -0.4 is 10.5 Å². The molecule has 0 aliphatic rings. The summed E-state index contributed by atoms with van der Waals surface area (Å²) >= 11 is 1.46. The number of benzene rings is 1. The van der Waals surface area contributed by atoms with Gasteiger partial charge in [-0.3, -0.25) is 5.41 Å². The number of amidine groups is 1. The SMILES string of the molecule is CCSc1cccc(OCCC(F)(F)F)c1C(=N)N. The van der Waals surface area contributed by atoms with Crippen LogP contribution in [0.2, 0.25) is 0 Å². The lowest BCUT2D eigenvalue weighted by Crippen LogP contribution is -2.17. The van der Waals surface area contributed by atoms with Crippen LogP contribution in [0.25, 0.3) is 0 Å². The molecule has 0 bridgehead atoms. The van der Waals surface area contributed by atoms with Gasteiger partial charge in [0.2, 0.25) is 0 Å². The van der Waals surface area contributed by atoms with Crippen LogP contribution in [0.15, 0.2) is 23.1 Å². The van der Waals surface area contributed by atoms with Crippen LogP contribution in [0, 0.1) is 5.41 Å². The number of ether oxygens (including phenoxy) is 1. The van der Waals surface area contributed by atoms with Gasteiger partial charge < -0.3 is 10.5 Å². The van der Waals surface area contributed by atoms with Gasteiger partial charge in [0.15, 0.2) is 0 Å². The summed E-state index contributed by atoms with van der Waals surface area (Å²) in [4.78, 5) is 0.736. The number of halogens is 3. The Morgan fingerprint density at radius 3 is 2.63 bits per heavy atom. The van der Waals surface area contributed by atoms with Crippen molar-refractivity contribution in [1.82, 2.24) is 0 Å². The van der Waals surface area contributed by atoms with Gasteiger partial charge in [0.1, 0.15) is 11.6 Å². The third-order valence-electron chi connectivity index (χ3n) is 2.20. The maximum Gasteiger partial charge on any atom is 0.392 e. The Kier molecular flexibility index (Phi) is 5.53. The zero-order valence-corrected chi connectivity index (χ0v) is 11.2. The van der Waals surface area contributed by atoms with Crippen molar-refractivity contribution >= 4 is 17.6 Å². The number of hydrogen-bond acceptors (Lipinski definition) is 3. The smallest absolute Gasteiger partial charge is 0.392 e. The molecule has 3 nitrogen and oxygen atoms in total. The van der Waals surface area contributed by atoms with E-state index in [-0.39, 0.29) is 11.6 Å². The highest BCUT2D eigenvalue weighted by Crippen LogP contribution is 2.30. The van der Waals surface area contributed by atoms with Crippen molar-refractivity contribution in [3.8, 4) is 5.75 Å². The van der Waals surface area contributed by atoms with Crippen molar-refractivity contribution < 1.29 is 17.9 Å². The minimum absolute atomic E-state index is 0.210. The molecule has 0 aliphatic carbocycles. The van der Waals surface area contributed by atoms with Crippen molar-refractivity contribution in [3.63, 3.8) is 0 Å². The van der Waals surface area contributed by atoms with Gasteiger partial charge in [-0.2, -0.15) is 13.2 Å². The minimum atomic E-state index is -4.26. The van der Waals surface area contributed by atoms with E-state index in [1.165, 1.54) is 17.8 Å². The van der Waals surface area contributed by atoms with Gasteiger partial charge in [-0.1, -0.05) is 13.0 Å². The van der Waals surface area contributed by atoms with E-state index >= 15 is 0 Å². The average Bonchev–Trinajstić information content (AvgIpc) is 2.27. The van der Waals surface area contributed by atoms with Crippen LogP contribution in [0.1, 0.15) is 18.9 Å². The minimum Gasteiger partial charge on any atom is -0.492 e. The standard InChI is InChI=1S/C12H15F3N2OS/c1-2-19-9-5-3-4-8(10(9)11(16)17)18-7-6-12(13,14)15/h3-5H,2,6-7H2,1H3,(H3,16,17). The second kappa shape index (κ2) is 6.70. The lowest BCUT2D eigenvalue weighted by Gasteiger charge is -2.14. The zero-order valence-electron chi connectivity index (χ0n) is 10.4. The van der Waals surface area contributed by atoms with Crippen molar-refractivity contribution in [2.45, 2.75) is 24.4 Å². The van der Waals surface area contributed by atoms with Crippen LogP contribution in [0.3, 0.4) is 0 Å². The predicted octanol–water partition coefficient (Wildman–Crippen LogP) is 3.41. The summed E-state index contributed by atoms with van der Waals surface area (Å²) in [5, 5.41) is 7.52.